The van der Waals surface area contributed by atoms with E-state index < -0.39 is 0 Å². The second-order valence-electron chi connectivity index (χ2n) is 6.06. The molecule has 0 bridgehead atoms. The van der Waals surface area contributed by atoms with Crippen LogP contribution in [0, 0.1) is 0 Å². The van der Waals surface area contributed by atoms with E-state index in [2.05, 4.69) is 24.3 Å². The van der Waals surface area contributed by atoms with Crippen molar-refractivity contribution in [2.75, 3.05) is 6.54 Å². The number of hydrogen-bond donors (Lipinski definition) is 0. The molecule has 3 aromatic carbocycles. The van der Waals surface area contributed by atoms with E-state index in [1.807, 2.05) is 78.6 Å². The fourth-order valence-electron chi connectivity index (χ4n) is 2.84. The fourth-order valence-corrected chi connectivity index (χ4v) is 3.97. The van der Waals surface area contributed by atoms with Crippen LogP contribution in [0.5, 0.6) is 0 Å². The van der Waals surface area contributed by atoms with Gasteiger partial charge in [-0.3, -0.25) is 4.79 Å². The van der Waals surface area contributed by atoms with Gasteiger partial charge in [0.1, 0.15) is 5.25 Å². The number of rotatable bonds is 7. The summed E-state index contributed by atoms with van der Waals surface area (Å²) in [5.41, 5.74) is 2.19. The highest BCUT2D eigenvalue weighted by Gasteiger charge is 2.26. The summed E-state index contributed by atoms with van der Waals surface area (Å²) >= 11 is 1.61. The first-order chi connectivity index (χ1) is 12.8. The molecule has 1 amide bonds. The van der Waals surface area contributed by atoms with Crippen molar-refractivity contribution >= 4 is 17.7 Å². The second-order valence-corrected chi connectivity index (χ2v) is 7.24. The van der Waals surface area contributed by atoms with Crippen molar-refractivity contribution in [2.45, 2.75) is 23.6 Å². The first-order valence-corrected chi connectivity index (χ1v) is 9.75. The van der Waals surface area contributed by atoms with Gasteiger partial charge in [-0.25, -0.2) is 0 Å². The highest BCUT2D eigenvalue weighted by molar-refractivity contribution is 8.00. The fraction of sp³-hybridized carbons (Fsp3) is 0.174. The maximum Gasteiger partial charge on any atom is 0.240 e. The first-order valence-electron chi connectivity index (χ1n) is 8.87. The van der Waals surface area contributed by atoms with Gasteiger partial charge in [0.05, 0.1) is 0 Å². The molecule has 0 saturated heterocycles. The number of thioether (sulfide) groups is 1. The summed E-state index contributed by atoms with van der Waals surface area (Å²) in [5, 5.41) is -0.248. The third-order valence-electron chi connectivity index (χ3n) is 4.23. The molecular weight excluding hydrogens is 338 g/mol. The molecule has 0 fully saturated rings. The molecule has 2 nitrogen and oxygen atoms in total. The van der Waals surface area contributed by atoms with Gasteiger partial charge in [0, 0.05) is 18.0 Å². The van der Waals surface area contributed by atoms with Crippen LogP contribution in [0.3, 0.4) is 0 Å². The van der Waals surface area contributed by atoms with E-state index in [0.717, 1.165) is 16.0 Å². The Morgan fingerprint density at radius 1 is 0.846 bits per heavy atom. The number of carbonyl (C=O) groups is 1. The van der Waals surface area contributed by atoms with Crippen molar-refractivity contribution in [1.82, 2.24) is 4.90 Å². The zero-order valence-electron chi connectivity index (χ0n) is 14.9. The van der Waals surface area contributed by atoms with Crippen molar-refractivity contribution in [3.8, 4) is 0 Å². The Labute approximate surface area is 159 Å². The van der Waals surface area contributed by atoms with Crippen LogP contribution in [0.25, 0.3) is 0 Å². The highest BCUT2D eigenvalue weighted by atomic mass is 32.2. The molecule has 0 spiro atoms. The topological polar surface area (TPSA) is 20.3 Å². The summed E-state index contributed by atoms with van der Waals surface area (Å²) in [7, 11) is 0. The molecule has 0 N–H and O–H groups in total. The standard InChI is InChI=1S/C23H23NOS/c1-2-24(18-19-12-6-3-7-13-19)23(25)22(20-14-8-4-9-15-20)26-21-16-10-5-11-17-21/h3-17,22H,2,18H2,1H3/t22-/m1/s1. The number of carbonyl (C=O) groups excluding carboxylic acids is 1. The van der Waals surface area contributed by atoms with E-state index in [1.54, 1.807) is 11.8 Å². The van der Waals surface area contributed by atoms with E-state index in [9.17, 15) is 4.79 Å². The molecule has 0 heterocycles. The van der Waals surface area contributed by atoms with Crippen LogP contribution in [0.1, 0.15) is 23.3 Å². The van der Waals surface area contributed by atoms with Gasteiger partial charge in [-0.1, -0.05) is 78.9 Å². The van der Waals surface area contributed by atoms with Crippen LogP contribution in [-0.2, 0) is 11.3 Å². The number of likely N-dealkylation sites (N-methyl/N-ethyl adjacent to an activating group) is 1. The van der Waals surface area contributed by atoms with Gasteiger partial charge in [-0.2, -0.15) is 0 Å². The summed E-state index contributed by atoms with van der Waals surface area (Å²) in [4.78, 5) is 16.4. The van der Waals surface area contributed by atoms with Crippen LogP contribution in [-0.4, -0.2) is 17.4 Å². The van der Waals surface area contributed by atoms with Crippen LogP contribution in [0.15, 0.2) is 95.9 Å². The van der Waals surface area contributed by atoms with E-state index in [4.69, 9.17) is 0 Å². The molecular formula is C23H23NOS. The number of hydrogen-bond acceptors (Lipinski definition) is 2. The SMILES string of the molecule is CCN(Cc1ccccc1)C(=O)[C@H](Sc1ccccc1)c1ccccc1. The molecule has 0 radical (unpaired) electrons. The third kappa shape index (κ3) is 4.77. The summed E-state index contributed by atoms with van der Waals surface area (Å²) < 4.78 is 0. The van der Waals surface area contributed by atoms with Crippen molar-refractivity contribution in [3.05, 3.63) is 102 Å². The van der Waals surface area contributed by atoms with Gasteiger partial charge in [0.15, 0.2) is 0 Å². The lowest BCUT2D eigenvalue weighted by Gasteiger charge is -2.26. The van der Waals surface area contributed by atoms with Crippen LogP contribution in [0.2, 0.25) is 0 Å². The van der Waals surface area contributed by atoms with Gasteiger partial charge < -0.3 is 4.90 Å². The minimum Gasteiger partial charge on any atom is -0.337 e. The van der Waals surface area contributed by atoms with Gasteiger partial charge in [0.25, 0.3) is 0 Å². The zero-order valence-corrected chi connectivity index (χ0v) is 15.7. The lowest BCUT2D eigenvalue weighted by Crippen LogP contribution is -2.33. The Hall–Kier alpha value is -2.52. The maximum absolute atomic E-state index is 13.4. The van der Waals surface area contributed by atoms with Gasteiger partial charge in [-0.15, -0.1) is 11.8 Å². The molecule has 0 aliphatic carbocycles. The molecule has 0 aliphatic heterocycles. The largest absolute Gasteiger partial charge is 0.337 e. The molecule has 0 saturated carbocycles. The highest BCUT2D eigenvalue weighted by Crippen LogP contribution is 2.36. The van der Waals surface area contributed by atoms with E-state index in [-0.39, 0.29) is 11.2 Å². The molecule has 0 unspecified atom stereocenters. The Balaban J connectivity index is 1.85. The van der Waals surface area contributed by atoms with Crippen molar-refractivity contribution < 1.29 is 4.79 Å². The van der Waals surface area contributed by atoms with Gasteiger partial charge in [-0.05, 0) is 30.2 Å². The number of nitrogens with zero attached hydrogens (tertiary/aromatic N) is 1. The predicted molar refractivity (Wildman–Crippen MR) is 109 cm³/mol. The first kappa shape index (κ1) is 18.3. The maximum atomic E-state index is 13.4. The average molecular weight is 362 g/mol. The summed E-state index contributed by atoms with van der Waals surface area (Å²) in [6.07, 6.45) is 0. The van der Waals surface area contributed by atoms with Crippen molar-refractivity contribution in [3.63, 3.8) is 0 Å². The Morgan fingerprint density at radius 2 is 1.38 bits per heavy atom. The van der Waals surface area contributed by atoms with Gasteiger partial charge >= 0.3 is 0 Å². The van der Waals surface area contributed by atoms with Crippen LogP contribution in [0.4, 0.5) is 0 Å². The number of amides is 1. The van der Waals surface area contributed by atoms with E-state index in [0.29, 0.717) is 13.1 Å². The number of benzene rings is 3. The summed E-state index contributed by atoms with van der Waals surface area (Å²) in [6.45, 7) is 3.36. The van der Waals surface area contributed by atoms with Crippen molar-refractivity contribution in [1.29, 1.82) is 0 Å². The van der Waals surface area contributed by atoms with Gasteiger partial charge in [0.2, 0.25) is 5.91 Å². The summed E-state index contributed by atoms with van der Waals surface area (Å²) in [5.74, 6) is 0.149. The Kier molecular flexibility index (Phi) is 6.50. The Morgan fingerprint density at radius 3 is 1.96 bits per heavy atom. The molecule has 0 aromatic heterocycles. The summed E-state index contributed by atoms with van der Waals surface area (Å²) in [6, 6.07) is 30.3. The van der Waals surface area contributed by atoms with E-state index in [1.165, 1.54) is 0 Å². The Bertz CT molecular complexity index is 805. The lowest BCUT2D eigenvalue weighted by molar-refractivity contribution is -0.131. The molecule has 3 heteroatoms. The van der Waals surface area contributed by atoms with Crippen LogP contribution >= 0.6 is 11.8 Å². The van der Waals surface area contributed by atoms with E-state index >= 15 is 0 Å². The average Bonchev–Trinajstić information content (AvgIpc) is 2.72. The molecule has 132 valence electrons. The normalized spacial score (nSPS) is 11.7. The molecule has 3 aromatic rings. The van der Waals surface area contributed by atoms with Crippen molar-refractivity contribution in [2.24, 2.45) is 0 Å². The zero-order chi connectivity index (χ0) is 18.2. The molecule has 0 aliphatic rings. The molecule has 26 heavy (non-hydrogen) atoms. The quantitative estimate of drug-likeness (QED) is 0.513. The molecule has 1 atom stereocenters. The third-order valence-corrected chi connectivity index (χ3v) is 5.49. The minimum atomic E-state index is -0.248. The molecule has 3 rings (SSSR count). The lowest BCUT2D eigenvalue weighted by atomic mass is 10.1. The second kappa shape index (κ2) is 9.25. The van der Waals surface area contributed by atoms with Crippen LogP contribution < -0.4 is 0 Å². The predicted octanol–water partition coefficient (Wildman–Crippen LogP) is 5.57. The minimum absolute atomic E-state index is 0.149. The monoisotopic (exact) mass is 361 g/mol. The smallest absolute Gasteiger partial charge is 0.240 e.